The molecule has 2 N–H and O–H groups in total. The highest BCUT2D eigenvalue weighted by atomic mass is 32.2. The summed E-state index contributed by atoms with van der Waals surface area (Å²) in [6.07, 6.45) is 5.69. The van der Waals surface area contributed by atoms with E-state index in [0.29, 0.717) is 12.0 Å². The van der Waals surface area contributed by atoms with Crippen LogP contribution in [0.2, 0.25) is 0 Å². The normalized spacial score (nSPS) is 17.1. The van der Waals surface area contributed by atoms with E-state index in [1.165, 1.54) is 30.5 Å². The molecule has 3 aromatic rings. The van der Waals surface area contributed by atoms with Crippen LogP contribution in [0, 0.1) is 0 Å². The van der Waals surface area contributed by atoms with Crippen molar-refractivity contribution in [2.24, 2.45) is 0 Å². The average Bonchev–Trinajstić information content (AvgIpc) is 3.16. The number of hydrogen-bond acceptors (Lipinski definition) is 7. The minimum Gasteiger partial charge on any atom is -0.477 e. The summed E-state index contributed by atoms with van der Waals surface area (Å²) in [5.41, 5.74) is 2.56. The van der Waals surface area contributed by atoms with Gasteiger partial charge in [-0.25, -0.2) is 14.6 Å². The number of ether oxygens (including phenoxy) is 1. The number of carbonyl (C=O) groups excluding carboxylic acids is 1. The van der Waals surface area contributed by atoms with E-state index in [2.05, 4.69) is 16.4 Å². The molecule has 1 unspecified atom stereocenters. The number of hydrogen-bond donors (Lipinski definition) is 2. The molecule has 0 fully saturated rings. The summed E-state index contributed by atoms with van der Waals surface area (Å²) in [5, 5.41) is 13.1. The van der Waals surface area contributed by atoms with Gasteiger partial charge in [-0.15, -0.1) is 11.8 Å². The Hall–Kier alpha value is -2.78. The van der Waals surface area contributed by atoms with Gasteiger partial charge in [-0.1, -0.05) is 17.4 Å². The first-order chi connectivity index (χ1) is 13.1. The Morgan fingerprint density at radius 2 is 2.26 bits per heavy atom. The van der Waals surface area contributed by atoms with Crippen LogP contribution in [0.3, 0.4) is 0 Å². The van der Waals surface area contributed by atoms with Crippen LogP contribution in [0.5, 0.6) is 0 Å². The third-order valence-corrected chi connectivity index (χ3v) is 6.40. The number of esters is 1. The number of carboxylic acids is 1. The number of thioether (sulfide) groups is 1. The zero-order chi connectivity index (χ0) is 19.0. The second-order valence-corrected chi connectivity index (χ2v) is 7.97. The van der Waals surface area contributed by atoms with E-state index in [1.807, 2.05) is 22.7 Å². The number of nitrogens with zero attached hydrogens (tertiary/aromatic N) is 2. The first kappa shape index (κ1) is 17.6. The van der Waals surface area contributed by atoms with Crippen molar-refractivity contribution < 1.29 is 19.4 Å². The summed E-state index contributed by atoms with van der Waals surface area (Å²) >= 11 is 2.89. The summed E-state index contributed by atoms with van der Waals surface area (Å²) in [7, 11) is 1.31. The third kappa shape index (κ3) is 3.31. The van der Waals surface area contributed by atoms with E-state index in [4.69, 9.17) is 4.74 Å². The van der Waals surface area contributed by atoms with Crippen molar-refractivity contribution in [3.8, 4) is 0 Å². The molecule has 7 nitrogen and oxygen atoms in total. The van der Waals surface area contributed by atoms with Gasteiger partial charge in [0.2, 0.25) is 0 Å². The Bertz CT molecular complexity index is 1110. The van der Waals surface area contributed by atoms with Gasteiger partial charge in [0.15, 0.2) is 4.96 Å². The van der Waals surface area contributed by atoms with Gasteiger partial charge in [-0.2, -0.15) is 0 Å². The Morgan fingerprint density at radius 1 is 1.41 bits per heavy atom. The lowest BCUT2D eigenvalue weighted by Crippen LogP contribution is -2.20. The van der Waals surface area contributed by atoms with Gasteiger partial charge >= 0.3 is 11.9 Å². The smallest absolute Gasteiger partial charge is 0.352 e. The van der Waals surface area contributed by atoms with Crippen LogP contribution in [-0.4, -0.2) is 38.8 Å². The number of aromatic nitrogens is 2. The van der Waals surface area contributed by atoms with Crippen molar-refractivity contribution in [1.29, 1.82) is 0 Å². The molecule has 1 aliphatic heterocycles. The maximum atomic E-state index is 12.2. The van der Waals surface area contributed by atoms with Gasteiger partial charge in [0.1, 0.15) is 5.70 Å². The molecule has 27 heavy (non-hydrogen) atoms. The molecule has 0 aliphatic carbocycles. The maximum absolute atomic E-state index is 12.2. The number of fused-ring (bicyclic) bond motifs is 3. The molecule has 0 radical (unpaired) electrons. The first-order valence-corrected chi connectivity index (χ1v) is 9.81. The fraction of sp³-hybridized carbons (Fsp3) is 0.167. The number of imidazole rings is 1. The Labute approximate surface area is 162 Å². The molecule has 1 aliphatic rings. The van der Waals surface area contributed by atoms with Crippen LogP contribution < -0.4 is 5.32 Å². The fourth-order valence-electron chi connectivity index (χ4n) is 2.91. The quantitative estimate of drug-likeness (QED) is 0.650. The van der Waals surface area contributed by atoms with Gasteiger partial charge in [0, 0.05) is 29.3 Å². The van der Waals surface area contributed by atoms with Crippen LogP contribution in [0.1, 0.15) is 5.56 Å². The largest absolute Gasteiger partial charge is 0.477 e. The van der Waals surface area contributed by atoms with Gasteiger partial charge < -0.3 is 15.2 Å². The molecular formula is C18H15N3O4S2. The lowest BCUT2D eigenvalue weighted by atomic mass is 10.0. The molecule has 2 aromatic heterocycles. The highest BCUT2D eigenvalue weighted by molar-refractivity contribution is 8.03. The second-order valence-electron chi connectivity index (χ2n) is 5.89. The fourth-order valence-corrected chi connectivity index (χ4v) is 5.03. The van der Waals surface area contributed by atoms with Gasteiger partial charge in [-0.3, -0.25) is 4.40 Å². The summed E-state index contributed by atoms with van der Waals surface area (Å²) in [6, 6.07) is 6.14. The van der Waals surface area contributed by atoms with Crippen LogP contribution in [0.15, 0.2) is 53.5 Å². The number of aliphatic carboxylic acids is 1. The summed E-state index contributed by atoms with van der Waals surface area (Å²) in [4.78, 5) is 28.6. The van der Waals surface area contributed by atoms with E-state index in [0.717, 1.165) is 20.7 Å². The van der Waals surface area contributed by atoms with Crippen molar-refractivity contribution in [2.75, 3.05) is 7.11 Å². The van der Waals surface area contributed by atoms with Crippen molar-refractivity contribution >= 4 is 50.2 Å². The van der Waals surface area contributed by atoms with Crippen LogP contribution in [0.25, 0.3) is 15.2 Å². The molecule has 9 heteroatoms. The topological polar surface area (TPSA) is 92.9 Å². The van der Waals surface area contributed by atoms with Crippen molar-refractivity contribution in [1.82, 2.24) is 14.7 Å². The number of rotatable bonds is 4. The molecule has 0 bridgehead atoms. The maximum Gasteiger partial charge on any atom is 0.352 e. The molecular weight excluding hydrogens is 386 g/mol. The first-order valence-electron chi connectivity index (χ1n) is 8.05. The summed E-state index contributed by atoms with van der Waals surface area (Å²) in [6.45, 7) is 0. The van der Waals surface area contributed by atoms with E-state index in [-0.39, 0.29) is 10.9 Å². The highest BCUT2D eigenvalue weighted by Gasteiger charge is 2.26. The predicted octanol–water partition coefficient (Wildman–Crippen LogP) is 2.78. The molecule has 3 heterocycles. The average molecular weight is 401 g/mol. The SMILES string of the molecule is COC(=O)C1=CNC(C(=O)O)=CSC1Cc1ccc2c(c1)sc1nccn12. The van der Waals surface area contributed by atoms with Gasteiger partial charge in [0.25, 0.3) is 0 Å². The highest BCUT2D eigenvalue weighted by Crippen LogP contribution is 2.31. The number of benzene rings is 1. The standard InChI is InChI=1S/C18H15N3O4S2/c1-25-17(24)11-8-20-12(16(22)23)9-26-14(11)6-10-2-3-13-15(7-10)27-18-19-4-5-21(13)18/h2-5,7-9,14,20H,6H2,1H3,(H,22,23). The molecule has 0 saturated heterocycles. The van der Waals surface area contributed by atoms with Crippen LogP contribution in [-0.2, 0) is 20.7 Å². The van der Waals surface area contributed by atoms with Crippen LogP contribution in [0.4, 0.5) is 0 Å². The van der Waals surface area contributed by atoms with Crippen molar-refractivity contribution in [3.63, 3.8) is 0 Å². The lowest BCUT2D eigenvalue weighted by molar-refractivity contribution is -0.136. The number of carbonyl (C=O) groups is 2. The number of thiazole rings is 1. The molecule has 1 atom stereocenters. The minimum absolute atomic E-state index is 0.0267. The van der Waals surface area contributed by atoms with Crippen molar-refractivity contribution in [3.05, 3.63) is 59.0 Å². The monoisotopic (exact) mass is 401 g/mol. The summed E-state index contributed by atoms with van der Waals surface area (Å²) in [5.74, 6) is -1.55. The van der Waals surface area contributed by atoms with Crippen molar-refractivity contribution in [2.45, 2.75) is 11.7 Å². The minimum atomic E-state index is -1.08. The molecule has 4 rings (SSSR count). The Balaban J connectivity index is 1.66. The number of carboxylic acid groups (broad SMARTS) is 1. The number of nitrogens with one attached hydrogen (secondary N) is 1. The predicted molar refractivity (Wildman–Crippen MR) is 105 cm³/mol. The van der Waals surface area contributed by atoms with E-state index in [9.17, 15) is 14.7 Å². The molecule has 138 valence electrons. The van der Waals surface area contributed by atoms with E-state index < -0.39 is 11.9 Å². The second kappa shape index (κ2) is 7.09. The molecule has 1 aromatic carbocycles. The van der Waals surface area contributed by atoms with Crippen LogP contribution >= 0.6 is 23.1 Å². The van der Waals surface area contributed by atoms with E-state index in [1.54, 1.807) is 17.5 Å². The molecule has 0 spiro atoms. The molecule has 0 saturated carbocycles. The van der Waals surface area contributed by atoms with E-state index >= 15 is 0 Å². The number of methoxy groups -OCH3 is 1. The lowest BCUT2D eigenvalue weighted by Gasteiger charge is -2.15. The Morgan fingerprint density at radius 3 is 3.04 bits per heavy atom. The zero-order valence-corrected chi connectivity index (χ0v) is 15.8. The van der Waals surface area contributed by atoms with Gasteiger partial charge in [0.05, 0.1) is 22.9 Å². The zero-order valence-electron chi connectivity index (χ0n) is 14.2. The summed E-state index contributed by atoms with van der Waals surface area (Å²) < 4.78 is 8.01. The van der Waals surface area contributed by atoms with Gasteiger partial charge in [-0.05, 0) is 24.1 Å². The third-order valence-electron chi connectivity index (χ3n) is 4.24. The Kier molecular flexibility index (Phi) is 4.63. The molecule has 0 amide bonds.